The minimum absolute atomic E-state index is 0.0787. The Labute approximate surface area is 37.6 Å². The molecule has 0 bridgehead atoms. The maximum absolute atomic E-state index is 6.33. The van der Waals surface area contributed by atoms with Crippen LogP contribution in [0.5, 0.6) is 0 Å². The number of rotatable bonds is 0. The summed E-state index contributed by atoms with van der Waals surface area (Å²) < 4.78 is -0.0787. The Morgan fingerprint density at radius 2 is 2.00 bits per heavy atom. The molecule has 0 aromatic rings. The summed E-state index contributed by atoms with van der Waals surface area (Å²) in [5.74, 6) is 0. The molecule has 0 aliphatic heterocycles. The third-order valence-corrected chi connectivity index (χ3v) is 0.293. The number of amidine groups is 1. The Bertz CT molecular complexity index is 57.9. The van der Waals surface area contributed by atoms with Gasteiger partial charge in [-0.1, -0.05) is 0 Å². The van der Waals surface area contributed by atoms with E-state index in [1.54, 1.807) is 0 Å². The SMILES string of the molecule is N=NC(=N)[Se]. The zero-order valence-electron chi connectivity index (χ0n) is 2.36. The van der Waals surface area contributed by atoms with Crippen molar-refractivity contribution in [3.05, 3.63) is 0 Å². The quantitative estimate of drug-likeness (QED) is 0.205. The molecule has 3 nitrogen and oxygen atoms in total. The summed E-state index contributed by atoms with van der Waals surface area (Å²) in [7, 11) is 0. The summed E-state index contributed by atoms with van der Waals surface area (Å²) in [6, 6.07) is 0. The molecule has 0 saturated carbocycles. The summed E-state index contributed by atoms with van der Waals surface area (Å²) in [4.78, 5) is 0. The summed E-state index contributed by atoms with van der Waals surface area (Å²) in [6.07, 6.45) is 0. The van der Waals surface area contributed by atoms with Crippen LogP contribution in [0.15, 0.2) is 5.11 Å². The molecule has 0 spiro atoms. The van der Waals surface area contributed by atoms with Crippen molar-refractivity contribution in [1.29, 1.82) is 10.9 Å². The van der Waals surface area contributed by atoms with Crippen LogP contribution in [0.25, 0.3) is 0 Å². The van der Waals surface area contributed by atoms with Crippen LogP contribution in [0.2, 0.25) is 0 Å². The van der Waals surface area contributed by atoms with E-state index < -0.39 is 0 Å². The third kappa shape index (κ3) is 3.79. The second-order valence-corrected chi connectivity index (χ2v) is 1.23. The Balaban J connectivity index is 3.20. The van der Waals surface area contributed by atoms with Gasteiger partial charge in [0, 0.05) is 0 Å². The monoisotopic (exact) mass is 136 g/mol. The fourth-order valence-corrected chi connectivity index (χ4v) is 0. The molecule has 0 atom stereocenters. The van der Waals surface area contributed by atoms with Crippen LogP contribution in [0.4, 0.5) is 0 Å². The van der Waals surface area contributed by atoms with Gasteiger partial charge in [-0.3, -0.25) is 0 Å². The van der Waals surface area contributed by atoms with E-state index >= 15 is 0 Å². The van der Waals surface area contributed by atoms with Gasteiger partial charge in [-0.25, -0.2) is 0 Å². The number of hydrogen-bond acceptors (Lipinski definition) is 2. The van der Waals surface area contributed by atoms with E-state index in [-0.39, 0.29) is 4.73 Å². The second-order valence-electron chi connectivity index (χ2n) is 0.417. The predicted molar refractivity (Wildman–Crippen MR) is 18.6 cm³/mol. The number of nitrogens with zero attached hydrogens (tertiary/aromatic N) is 1. The Morgan fingerprint density at radius 1 is 1.80 bits per heavy atom. The molecule has 1 radical (unpaired) electrons. The van der Waals surface area contributed by atoms with E-state index in [4.69, 9.17) is 10.9 Å². The molecular weight excluding hydrogens is 133 g/mol. The molecule has 0 rings (SSSR count). The first kappa shape index (κ1) is 4.79. The van der Waals surface area contributed by atoms with Gasteiger partial charge in [0.1, 0.15) is 0 Å². The van der Waals surface area contributed by atoms with Gasteiger partial charge in [0.05, 0.1) is 0 Å². The average molecular weight is 135 g/mol. The van der Waals surface area contributed by atoms with E-state index in [2.05, 4.69) is 21.1 Å². The molecule has 0 unspecified atom stereocenters. The molecule has 0 amide bonds. The van der Waals surface area contributed by atoms with E-state index in [9.17, 15) is 0 Å². The zero-order chi connectivity index (χ0) is 4.28. The molecule has 0 aromatic heterocycles. The van der Waals surface area contributed by atoms with Crippen molar-refractivity contribution in [2.45, 2.75) is 0 Å². The van der Waals surface area contributed by atoms with Crippen LogP contribution >= 0.6 is 0 Å². The molecule has 0 saturated heterocycles. The van der Waals surface area contributed by atoms with Crippen LogP contribution in [-0.2, 0) is 0 Å². The third-order valence-electron chi connectivity index (χ3n) is 0.102. The molecule has 27 valence electrons. The molecule has 0 fully saturated rings. The van der Waals surface area contributed by atoms with Gasteiger partial charge in [0.15, 0.2) is 0 Å². The molecule has 0 aromatic carbocycles. The van der Waals surface area contributed by atoms with Crippen molar-refractivity contribution in [1.82, 2.24) is 0 Å². The number of nitrogens with one attached hydrogen (secondary N) is 2. The second kappa shape index (κ2) is 2.05. The van der Waals surface area contributed by atoms with Gasteiger partial charge in [0.2, 0.25) is 0 Å². The maximum atomic E-state index is 6.33. The Hall–Kier alpha value is -0.211. The molecular formula is CH2N3Se. The van der Waals surface area contributed by atoms with E-state index in [0.717, 1.165) is 0 Å². The van der Waals surface area contributed by atoms with Crippen LogP contribution in [0.1, 0.15) is 0 Å². The van der Waals surface area contributed by atoms with Crippen molar-refractivity contribution in [2.24, 2.45) is 5.11 Å². The summed E-state index contributed by atoms with van der Waals surface area (Å²) >= 11 is 2.22. The molecule has 0 aliphatic rings. The fraction of sp³-hybridized carbons (Fsp3) is 0. The van der Waals surface area contributed by atoms with Crippen molar-refractivity contribution >= 4 is 20.7 Å². The van der Waals surface area contributed by atoms with Crippen LogP contribution in [-0.4, -0.2) is 20.7 Å². The Morgan fingerprint density at radius 3 is 2.00 bits per heavy atom. The van der Waals surface area contributed by atoms with Crippen LogP contribution < -0.4 is 0 Å². The normalized spacial score (nSPS) is 6.40. The van der Waals surface area contributed by atoms with Crippen molar-refractivity contribution in [3.8, 4) is 0 Å². The molecule has 5 heavy (non-hydrogen) atoms. The van der Waals surface area contributed by atoms with Gasteiger partial charge in [0.25, 0.3) is 0 Å². The first-order chi connectivity index (χ1) is 2.27. The fourth-order valence-electron chi connectivity index (χ4n) is 0. The average Bonchev–Trinajstić information content (AvgIpc) is 1.38. The predicted octanol–water partition coefficient (Wildman–Crippen LogP) is 0.121. The van der Waals surface area contributed by atoms with Gasteiger partial charge < -0.3 is 0 Å². The number of hydrogen-bond donors (Lipinski definition) is 2. The van der Waals surface area contributed by atoms with Gasteiger partial charge in [-0.2, -0.15) is 0 Å². The van der Waals surface area contributed by atoms with Crippen molar-refractivity contribution in [3.63, 3.8) is 0 Å². The van der Waals surface area contributed by atoms with E-state index in [0.29, 0.717) is 0 Å². The van der Waals surface area contributed by atoms with Crippen LogP contribution in [0, 0.1) is 10.9 Å². The zero-order valence-corrected chi connectivity index (χ0v) is 4.07. The van der Waals surface area contributed by atoms with Crippen molar-refractivity contribution < 1.29 is 0 Å². The van der Waals surface area contributed by atoms with Crippen molar-refractivity contribution in [2.75, 3.05) is 0 Å². The summed E-state index contributed by atoms with van der Waals surface area (Å²) in [6.45, 7) is 0. The van der Waals surface area contributed by atoms with Gasteiger partial charge in [-0.15, -0.1) is 0 Å². The van der Waals surface area contributed by atoms with E-state index in [1.165, 1.54) is 0 Å². The molecule has 4 heteroatoms. The first-order valence-corrected chi connectivity index (χ1v) is 1.76. The molecule has 2 N–H and O–H groups in total. The first-order valence-electron chi connectivity index (χ1n) is 0.901. The summed E-state index contributed by atoms with van der Waals surface area (Å²) in [5.41, 5.74) is 6.03. The molecule has 0 heterocycles. The van der Waals surface area contributed by atoms with Gasteiger partial charge in [-0.05, 0) is 0 Å². The topological polar surface area (TPSA) is 60.1 Å². The Kier molecular flexibility index (Phi) is 1.97. The minimum atomic E-state index is -0.0787. The van der Waals surface area contributed by atoms with Gasteiger partial charge >= 0.3 is 36.8 Å². The molecule has 0 aliphatic carbocycles. The van der Waals surface area contributed by atoms with E-state index in [1.807, 2.05) is 0 Å². The summed E-state index contributed by atoms with van der Waals surface area (Å²) in [5, 5.41) is 9.00. The standard InChI is InChI=1S/CH2N3Se/c2-1(5)4-3/h2-3H. The van der Waals surface area contributed by atoms with Crippen LogP contribution in [0.3, 0.4) is 0 Å².